The SMILES string of the molecule is Nn1c(SCC(=O)N2CCN(C(=O)c3cccs3)CC2)nnc1C(F)(F)F. The molecule has 0 aliphatic carbocycles. The summed E-state index contributed by atoms with van der Waals surface area (Å²) >= 11 is 2.15. The average Bonchev–Trinajstić information content (AvgIpc) is 3.28. The summed E-state index contributed by atoms with van der Waals surface area (Å²) in [4.78, 5) is 28.4. The fourth-order valence-corrected chi connectivity index (χ4v) is 3.95. The van der Waals surface area contributed by atoms with Crippen LogP contribution in [0.1, 0.15) is 15.5 Å². The first-order chi connectivity index (χ1) is 12.8. The van der Waals surface area contributed by atoms with E-state index in [1.165, 1.54) is 11.3 Å². The third-order valence-corrected chi connectivity index (χ3v) is 5.68. The van der Waals surface area contributed by atoms with Crippen molar-refractivity contribution in [3.05, 3.63) is 28.2 Å². The van der Waals surface area contributed by atoms with Gasteiger partial charge in [-0.3, -0.25) is 9.59 Å². The van der Waals surface area contributed by atoms with Crippen LogP contribution in [-0.2, 0) is 11.0 Å². The molecule has 2 amide bonds. The largest absolute Gasteiger partial charge is 0.453 e. The monoisotopic (exact) mass is 420 g/mol. The van der Waals surface area contributed by atoms with Gasteiger partial charge in [0.25, 0.3) is 11.7 Å². The lowest BCUT2D eigenvalue weighted by molar-refractivity contribution is -0.146. The van der Waals surface area contributed by atoms with Crippen LogP contribution in [0.25, 0.3) is 0 Å². The average molecular weight is 420 g/mol. The number of piperazine rings is 1. The van der Waals surface area contributed by atoms with E-state index in [0.717, 1.165) is 11.8 Å². The van der Waals surface area contributed by atoms with E-state index in [2.05, 4.69) is 10.2 Å². The number of hydrogen-bond acceptors (Lipinski definition) is 7. The molecule has 27 heavy (non-hydrogen) atoms. The van der Waals surface area contributed by atoms with Crippen molar-refractivity contribution in [3.8, 4) is 0 Å². The molecule has 13 heteroatoms. The first-order valence-electron chi connectivity index (χ1n) is 7.78. The highest BCUT2D eigenvalue weighted by Gasteiger charge is 2.38. The standard InChI is InChI=1S/C14H15F3N6O2S2/c15-14(16,17)12-19-20-13(23(12)18)27-8-10(24)21-3-5-22(6-4-21)11(25)9-2-1-7-26-9/h1-2,7H,3-6,8,18H2. The number of rotatable bonds is 4. The number of amides is 2. The van der Waals surface area contributed by atoms with Gasteiger partial charge < -0.3 is 15.6 Å². The van der Waals surface area contributed by atoms with Gasteiger partial charge in [-0.1, -0.05) is 17.8 Å². The first kappa shape index (κ1) is 19.5. The Morgan fingerprint density at radius 2 is 1.85 bits per heavy atom. The highest BCUT2D eigenvalue weighted by molar-refractivity contribution is 7.99. The summed E-state index contributed by atoms with van der Waals surface area (Å²) in [6.45, 7) is 1.52. The minimum atomic E-state index is -4.71. The maximum atomic E-state index is 12.6. The van der Waals surface area contributed by atoms with E-state index in [4.69, 9.17) is 5.84 Å². The molecular formula is C14H15F3N6O2S2. The number of halogens is 3. The number of aromatic nitrogens is 3. The van der Waals surface area contributed by atoms with Gasteiger partial charge in [0.05, 0.1) is 10.6 Å². The summed E-state index contributed by atoms with van der Waals surface area (Å²) in [5, 5.41) is 8.01. The fraction of sp³-hybridized carbons (Fsp3) is 0.429. The number of hydrogen-bond donors (Lipinski definition) is 1. The molecule has 2 aromatic heterocycles. The Labute approximate surface area is 160 Å². The Kier molecular flexibility index (Phi) is 5.60. The second-order valence-corrected chi connectivity index (χ2v) is 7.50. The van der Waals surface area contributed by atoms with Crippen LogP contribution in [0.4, 0.5) is 13.2 Å². The summed E-state index contributed by atoms with van der Waals surface area (Å²) in [7, 11) is 0. The van der Waals surface area contributed by atoms with Crippen molar-refractivity contribution in [2.24, 2.45) is 0 Å². The molecule has 3 heterocycles. The smallest absolute Gasteiger partial charge is 0.338 e. The van der Waals surface area contributed by atoms with E-state index in [9.17, 15) is 22.8 Å². The number of thiophene rings is 1. The Morgan fingerprint density at radius 3 is 2.41 bits per heavy atom. The number of nitrogens with two attached hydrogens (primary N) is 1. The van der Waals surface area contributed by atoms with Crippen molar-refractivity contribution in [1.29, 1.82) is 0 Å². The Morgan fingerprint density at radius 1 is 1.19 bits per heavy atom. The lowest BCUT2D eigenvalue weighted by Gasteiger charge is -2.34. The lowest BCUT2D eigenvalue weighted by Crippen LogP contribution is -2.51. The van der Waals surface area contributed by atoms with Crippen molar-refractivity contribution >= 4 is 34.9 Å². The van der Waals surface area contributed by atoms with Crippen LogP contribution in [0, 0.1) is 0 Å². The van der Waals surface area contributed by atoms with E-state index in [1.54, 1.807) is 21.9 Å². The molecule has 1 fully saturated rings. The molecule has 2 N–H and O–H groups in total. The number of carbonyl (C=O) groups is 2. The summed E-state index contributed by atoms with van der Waals surface area (Å²) in [5.74, 6) is 3.56. The molecule has 0 radical (unpaired) electrons. The Hall–Kier alpha value is -2.28. The van der Waals surface area contributed by atoms with Crippen LogP contribution < -0.4 is 5.84 Å². The number of thioether (sulfide) groups is 1. The quantitative estimate of drug-likeness (QED) is 0.589. The maximum Gasteiger partial charge on any atom is 0.453 e. The summed E-state index contributed by atoms with van der Waals surface area (Å²) in [5.41, 5.74) is 0. The molecule has 3 rings (SSSR count). The van der Waals surface area contributed by atoms with Crippen LogP contribution >= 0.6 is 23.1 Å². The van der Waals surface area contributed by atoms with Crippen molar-refractivity contribution in [1.82, 2.24) is 24.7 Å². The third kappa shape index (κ3) is 4.35. The van der Waals surface area contributed by atoms with Gasteiger partial charge in [-0.05, 0) is 11.4 Å². The first-order valence-corrected chi connectivity index (χ1v) is 9.65. The zero-order valence-corrected chi connectivity index (χ0v) is 15.5. The molecule has 0 spiro atoms. The third-order valence-electron chi connectivity index (χ3n) is 3.89. The number of nitrogens with zero attached hydrogens (tertiary/aromatic N) is 5. The van der Waals surface area contributed by atoms with Crippen LogP contribution in [-0.4, -0.2) is 68.4 Å². The molecule has 146 valence electrons. The van der Waals surface area contributed by atoms with Gasteiger partial charge in [0.15, 0.2) is 0 Å². The molecule has 0 bridgehead atoms. The van der Waals surface area contributed by atoms with Crippen molar-refractivity contribution in [2.45, 2.75) is 11.3 Å². The van der Waals surface area contributed by atoms with Crippen LogP contribution in [0.15, 0.2) is 22.7 Å². The van der Waals surface area contributed by atoms with E-state index in [-0.39, 0.29) is 22.7 Å². The topological polar surface area (TPSA) is 97.3 Å². The molecule has 0 saturated carbocycles. The Balaban J connectivity index is 1.50. The van der Waals surface area contributed by atoms with Gasteiger partial charge in [-0.25, -0.2) is 4.68 Å². The molecule has 1 saturated heterocycles. The van der Waals surface area contributed by atoms with Gasteiger partial charge in [-0.15, -0.1) is 21.5 Å². The van der Waals surface area contributed by atoms with Gasteiger partial charge >= 0.3 is 6.18 Å². The number of alkyl halides is 3. The summed E-state index contributed by atoms with van der Waals surface area (Å²) in [6, 6.07) is 3.55. The van der Waals surface area contributed by atoms with Crippen LogP contribution in [0.2, 0.25) is 0 Å². The van der Waals surface area contributed by atoms with E-state index >= 15 is 0 Å². The van der Waals surface area contributed by atoms with Gasteiger partial charge in [0.2, 0.25) is 11.1 Å². The van der Waals surface area contributed by atoms with Crippen molar-refractivity contribution < 1.29 is 22.8 Å². The summed E-state index contributed by atoms with van der Waals surface area (Å²) in [6.07, 6.45) is -4.71. The molecule has 0 atom stereocenters. The molecule has 1 aliphatic heterocycles. The minimum absolute atomic E-state index is 0.0672. The maximum absolute atomic E-state index is 12.6. The van der Waals surface area contributed by atoms with Crippen LogP contribution in [0.5, 0.6) is 0 Å². The number of nitrogen functional groups attached to an aromatic ring is 1. The Bertz CT molecular complexity index is 815. The molecule has 8 nitrogen and oxygen atoms in total. The molecule has 2 aromatic rings. The highest BCUT2D eigenvalue weighted by atomic mass is 32.2. The van der Waals surface area contributed by atoms with Gasteiger partial charge in [0.1, 0.15) is 0 Å². The highest BCUT2D eigenvalue weighted by Crippen LogP contribution is 2.29. The molecule has 0 unspecified atom stereocenters. The molecular weight excluding hydrogens is 405 g/mol. The van der Waals surface area contributed by atoms with E-state index in [0.29, 0.717) is 35.7 Å². The van der Waals surface area contributed by atoms with Crippen molar-refractivity contribution in [2.75, 3.05) is 37.8 Å². The fourth-order valence-electron chi connectivity index (χ4n) is 2.50. The van der Waals surface area contributed by atoms with E-state index in [1.807, 2.05) is 5.38 Å². The van der Waals surface area contributed by atoms with Gasteiger partial charge in [-0.2, -0.15) is 13.2 Å². The minimum Gasteiger partial charge on any atom is -0.338 e. The van der Waals surface area contributed by atoms with Crippen LogP contribution in [0.3, 0.4) is 0 Å². The lowest BCUT2D eigenvalue weighted by atomic mass is 10.3. The molecule has 1 aliphatic rings. The molecule has 0 aromatic carbocycles. The zero-order valence-electron chi connectivity index (χ0n) is 13.8. The van der Waals surface area contributed by atoms with Crippen molar-refractivity contribution in [3.63, 3.8) is 0 Å². The van der Waals surface area contributed by atoms with Gasteiger partial charge in [0, 0.05) is 26.2 Å². The predicted molar refractivity (Wildman–Crippen MR) is 92.7 cm³/mol. The second kappa shape index (κ2) is 7.76. The normalized spacial score (nSPS) is 15.2. The zero-order chi connectivity index (χ0) is 19.6. The summed E-state index contributed by atoms with van der Waals surface area (Å²) < 4.78 is 38.2. The number of carbonyl (C=O) groups excluding carboxylic acids is 2. The van der Waals surface area contributed by atoms with E-state index < -0.39 is 12.0 Å². The second-order valence-electron chi connectivity index (χ2n) is 5.61. The predicted octanol–water partition coefficient (Wildman–Crippen LogP) is 1.15.